The zero-order chi connectivity index (χ0) is 16.2. The number of imidazole rings is 1. The van der Waals surface area contributed by atoms with Crippen LogP contribution in [-0.4, -0.2) is 23.9 Å². The van der Waals surface area contributed by atoms with E-state index in [9.17, 15) is 4.21 Å². The second-order valence-electron chi connectivity index (χ2n) is 5.15. The van der Waals surface area contributed by atoms with Crippen LogP contribution in [-0.2, 0) is 23.8 Å². The Kier molecular flexibility index (Phi) is 4.66. The van der Waals surface area contributed by atoms with E-state index >= 15 is 0 Å². The Hall–Kier alpha value is -2.28. The molecule has 6 nitrogen and oxygen atoms in total. The number of hydrogen-bond donors (Lipinski definition) is 0. The number of hydrogen-bond acceptors (Lipinski definition) is 5. The lowest BCUT2D eigenvalue weighted by Gasteiger charge is -2.07. The van der Waals surface area contributed by atoms with E-state index in [4.69, 9.17) is 4.52 Å². The van der Waals surface area contributed by atoms with Gasteiger partial charge in [-0.3, -0.25) is 4.21 Å². The highest BCUT2D eigenvalue weighted by atomic mass is 32.2. The summed E-state index contributed by atoms with van der Waals surface area (Å²) in [4.78, 5) is 8.57. The van der Waals surface area contributed by atoms with Crippen LogP contribution in [0.5, 0.6) is 0 Å². The van der Waals surface area contributed by atoms with Gasteiger partial charge in [0.2, 0.25) is 5.89 Å². The molecule has 0 saturated heterocycles. The molecule has 2 aromatic heterocycles. The van der Waals surface area contributed by atoms with E-state index in [1.54, 1.807) is 6.20 Å². The van der Waals surface area contributed by atoms with Gasteiger partial charge < -0.3 is 9.09 Å². The molecular weight excluding hydrogens is 312 g/mol. The highest BCUT2D eigenvalue weighted by Gasteiger charge is 2.25. The Balaban J connectivity index is 1.76. The molecule has 3 rings (SSSR count). The maximum absolute atomic E-state index is 12.7. The molecule has 2 atom stereocenters. The van der Waals surface area contributed by atoms with Gasteiger partial charge in [-0.05, 0) is 19.4 Å². The standard InChI is InChI=1S/C16H18N4O2S/c1-3-20-10-9-17-16(20)23(21)12(2)15-18-14(19-22-15)11-13-7-5-4-6-8-13/h4-10,12H,3,11H2,1-2H3/t12-,23-/m0/s1. The first kappa shape index (κ1) is 15.6. The molecule has 0 N–H and O–H groups in total. The SMILES string of the molecule is CCn1ccnc1[S@@](=O)[C@@H](C)c1nc(Cc2ccccc2)no1. The topological polar surface area (TPSA) is 73.8 Å². The molecule has 3 aromatic rings. The maximum Gasteiger partial charge on any atom is 0.242 e. The van der Waals surface area contributed by atoms with Gasteiger partial charge in [-0.25, -0.2) is 4.98 Å². The summed E-state index contributed by atoms with van der Waals surface area (Å²) in [7, 11) is -1.34. The summed E-state index contributed by atoms with van der Waals surface area (Å²) in [5, 5.41) is 4.12. The average molecular weight is 330 g/mol. The molecule has 120 valence electrons. The molecule has 0 amide bonds. The van der Waals surface area contributed by atoms with Crippen LogP contribution in [0, 0.1) is 0 Å². The second-order valence-corrected chi connectivity index (χ2v) is 6.81. The van der Waals surface area contributed by atoms with Crippen LogP contribution in [0.3, 0.4) is 0 Å². The highest BCUT2D eigenvalue weighted by molar-refractivity contribution is 7.85. The van der Waals surface area contributed by atoms with Gasteiger partial charge in [0, 0.05) is 25.4 Å². The first-order valence-electron chi connectivity index (χ1n) is 7.47. The maximum atomic E-state index is 12.7. The van der Waals surface area contributed by atoms with Crippen LogP contribution in [0.25, 0.3) is 0 Å². The number of aromatic nitrogens is 4. The third-order valence-corrected chi connectivity index (χ3v) is 5.10. The van der Waals surface area contributed by atoms with Crippen molar-refractivity contribution in [3.8, 4) is 0 Å². The number of nitrogens with zero attached hydrogens (tertiary/aromatic N) is 4. The minimum Gasteiger partial charge on any atom is -0.338 e. The van der Waals surface area contributed by atoms with E-state index in [0.717, 1.165) is 12.1 Å². The molecule has 2 heterocycles. The van der Waals surface area contributed by atoms with Crippen molar-refractivity contribution >= 4 is 10.8 Å². The molecule has 0 spiro atoms. The van der Waals surface area contributed by atoms with E-state index in [1.165, 1.54) is 0 Å². The van der Waals surface area contributed by atoms with Gasteiger partial charge in [0.15, 0.2) is 11.0 Å². The number of benzene rings is 1. The predicted molar refractivity (Wildman–Crippen MR) is 86.3 cm³/mol. The Morgan fingerprint density at radius 2 is 2.09 bits per heavy atom. The van der Waals surface area contributed by atoms with Gasteiger partial charge in [-0.2, -0.15) is 4.98 Å². The Labute approximate surface area is 137 Å². The lowest BCUT2D eigenvalue weighted by Crippen LogP contribution is -2.10. The van der Waals surface area contributed by atoms with Crippen molar-refractivity contribution < 1.29 is 8.73 Å². The molecule has 23 heavy (non-hydrogen) atoms. The summed E-state index contributed by atoms with van der Waals surface area (Å²) < 4.78 is 19.8. The zero-order valence-corrected chi connectivity index (χ0v) is 13.9. The van der Waals surface area contributed by atoms with Crippen molar-refractivity contribution in [3.63, 3.8) is 0 Å². The summed E-state index contributed by atoms with van der Waals surface area (Å²) >= 11 is 0. The van der Waals surface area contributed by atoms with Crippen molar-refractivity contribution in [2.45, 2.75) is 37.2 Å². The van der Waals surface area contributed by atoms with Crippen molar-refractivity contribution in [3.05, 3.63) is 60.0 Å². The monoisotopic (exact) mass is 330 g/mol. The second kappa shape index (κ2) is 6.87. The Morgan fingerprint density at radius 1 is 1.30 bits per heavy atom. The van der Waals surface area contributed by atoms with E-state index in [2.05, 4.69) is 15.1 Å². The van der Waals surface area contributed by atoms with Crippen LogP contribution >= 0.6 is 0 Å². The fourth-order valence-electron chi connectivity index (χ4n) is 2.26. The van der Waals surface area contributed by atoms with E-state index in [1.807, 2.05) is 54.9 Å². The molecule has 7 heteroatoms. The van der Waals surface area contributed by atoms with Gasteiger partial charge in [-0.15, -0.1) is 0 Å². The van der Waals surface area contributed by atoms with Crippen LogP contribution in [0.4, 0.5) is 0 Å². The predicted octanol–water partition coefficient (Wildman–Crippen LogP) is 2.75. The normalized spacial score (nSPS) is 13.8. The fraction of sp³-hybridized carbons (Fsp3) is 0.312. The largest absolute Gasteiger partial charge is 0.338 e. The first-order valence-corrected chi connectivity index (χ1v) is 8.68. The molecule has 0 fully saturated rings. The summed E-state index contributed by atoms with van der Waals surface area (Å²) in [6, 6.07) is 9.93. The minimum absolute atomic E-state index is 0.375. The van der Waals surface area contributed by atoms with E-state index < -0.39 is 16.0 Å². The summed E-state index contributed by atoms with van der Waals surface area (Å²) in [6.07, 6.45) is 4.06. The zero-order valence-electron chi connectivity index (χ0n) is 13.0. The number of rotatable bonds is 6. The molecule has 0 saturated carbocycles. The Morgan fingerprint density at radius 3 is 2.83 bits per heavy atom. The van der Waals surface area contributed by atoms with E-state index in [0.29, 0.717) is 23.3 Å². The van der Waals surface area contributed by atoms with Crippen molar-refractivity contribution in [2.75, 3.05) is 0 Å². The van der Waals surface area contributed by atoms with Crippen molar-refractivity contribution in [1.29, 1.82) is 0 Å². The van der Waals surface area contributed by atoms with E-state index in [-0.39, 0.29) is 0 Å². The van der Waals surface area contributed by atoms with Gasteiger partial charge >= 0.3 is 0 Å². The van der Waals surface area contributed by atoms with Gasteiger partial charge in [-0.1, -0.05) is 35.5 Å². The Bertz CT molecular complexity index is 797. The average Bonchev–Trinajstić information content (AvgIpc) is 3.23. The molecule has 1 aromatic carbocycles. The molecule has 0 aliphatic rings. The van der Waals surface area contributed by atoms with Crippen LogP contribution in [0.15, 0.2) is 52.4 Å². The summed E-state index contributed by atoms with van der Waals surface area (Å²) in [5.41, 5.74) is 1.11. The fourth-order valence-corrected chi connectivity index (χ4v) is 3.44. The molecule has 0 aliphatic heterocycles. The van der Waals surface area contributed by atoms with Gasteiger partial charge in [0.1, 0.15) is 16.0 Å². The first-order chi connectivity index (χ1) is 11.2. The minimum atomic E-state index is -1.34. The van der Waals surface area contributed by atoms with Crippen molar-refractivity contribution in [2.24, 2.45) is 0 Å². The van der Waals surface area contributed by atoms with Crippen LogP contribution in [0.2, 0.25) is 0 Å². The summed E-state index contributed by atoms with van der Waals surface area (Å²) in [6.45, 7) is 4.51. The third kappa shape index (κ3) is 3.39. The van der Waals surface area contributed by atoms with Crippen LogP contribution in [0.1, 0.15) is 36.4 Å². The molecular formula is C16H18N4O2S. The lowest BCUT2D eigenvalue weighted by molar-refractivity contribution is 0.373. The lowest BCUT2D eigenvalue weighted by atomic mass is 10.1. The molecule has 0 radical (unpaired) electrons. The molecule has 0 aliphatic carbocycles. The highest BCUT2D eigenvalue weighted by Crippen LogP contribution is 2.23. The van der Waals surface area contributed by atoms with Crippen LogP contribution < -0.4 is 0 Å². The third-order valence-electron chi connectivity index (χ3n) is 3.56. The van der Waals surface area contributed by atoms with Crippen molar-refractivity contribution in [1.82, 2.24) is 19.7 Å². The quantitative estimate of drug-likeness (QED) is 0.695. The smallest absolute Gasteiger partial charge is 0.242 e. The summed E-state index contributed by atoms with van der Waals surface area (Å²) in [5.74, 6) is 0.966. The van der Waals surface area contributed by atoms with Gasteiger partial charge in [0.05, 0.1) is 0 Å². The van der Waals surface area contributed by atoms with Gasteiger partial charge in [0.25, 0.3) is 0 Å². The molecule has 0 bridgehead atoms. The number of aryl methyl sites for hydroxylation is 1. The molecule has 0 unspecified atom stereocenters.